The Balaban J connectivity index is 2.46. The second kappa shape index (κ2) is 12.5. The number of anilines is 1. The molecule has 36 heavy (non-hydrogen) atoms. The van der Waals surface area contributed by atoms with E-state index in [2.05, 4.69) is 16.7 Å². The molecule has 0 fully saturated rings. The molecule has 192 valence electrons. The second-order valence-corrected chi connectivity index (χ2v) is 10.3. The molecule has 2 N–H and O–H groups in total. The van der Waals surface area contributed by atoms with E-state index in [0.29, 0.717) is 22.7 Å². The number of carbonyl (C=O) groups excluding carboxylic acids is 3. The number of benzene rings is 2. The molecular weight excluding hydrogens is 478 g/mol. The quantitative estimate of drug-likeness (QED) is 0.352. The summed E-state index contributed by atoms with van der Waals surface area (Å²) in [5.74, 6) is -1.09. The number of rotatable bonds is 8. The number of ether oxygens (including phenoxy) is 1. The highest BCUT2D eigenvalue weighted by atomic mass is 35.5. The minimum atomic E-state index is -1.17. The van der Waals surface area contributed by atoms with Crippen LogP contribution < -0.4 is 10.6 Å². The zero-order chi connectivity index (χ0) is 27.0. The van der Waals surface area contributed by atoms with E-state index in [9.17, 15) is 14.4 Å². The van der Waals surface area contributed by atoms with E-state index in [1.807, 2.05) is 26.8 Å². The lowest BCUT2D eigenvalue weighted by Gasteiger charge is -2.31. The van der Waals surface area contributed by atoms with Gasteiger partial charge in [-0.2, -0.15) is 0 Å². The van der Waals surface area contributed by atoms with Gasteiger partial charge in [0.25, 0.3) is 11.8 Å². The monoisotopic (exact) mass is 511 g/mol. The largest absolute Gasteiger partial charge is 0.444 e. The summed E-state index contributed by atoms with van der Waals surface area (Å²) in [5, 5.41) is 5.82. The summed E-state index contributed by atoms with van der Waals surface area (Å²) in [7, 11) is 0. The molecule has 0 saturated heterocycles. The average Bonchev–Trinajstić information content (AvgIpc) is 2.78. The van der Waals surface area contributed by atoms with E-state index in [1.54, 1.807) is 63.2 Å². The molecule has 2 aromatic carbocycles. The minimum absolute atomic E-state index is 0.0447. The van der Waals surface area contributed by atoms with Gasteiger partial charge in [0.2, 0.25) is 0 Å². The van der Waals surface area contributed by atoms with E-state index < -0.39 is 35.6 Å². The zero-order valence-corrected chi connectivity index (χ0v) is 22.3. The first-order valence-corrected chi connectivity index (χ1v) is 12.1. The molecule has 0 aliphatic carbocycles. The third kappa shape index (κ3) is 8.03. The lowest BCUT2D eigenvalue weighted by molar-refractivity contribution is -0.137. The van der Waals surface area contributed by atoms with Crippen LogP contribution in [0.25, 0.3) is 0 Å². The maximum absolute atomic E-state index is 13.7. The predicted octanol–water partition coefficient (Wildman–Crippen LogP) is 5.69. The third-order valence-electron chi connectivity index (χ3n) is 5.16. The van der Waals surface area contributed by atoms with E-state index in [1.165, 1.54) is 0 Å². The van der Waals surface area contributed by atoms with Crippen molar-refractivity contribution in [3.8, 4) is 12.5 Å². The number of amides is 3. The number of alkyl carbamates (subject to hydrolysis) is 1. The molecule has 2 aromatic rings. The van der Waals surface area contributed by atoms with Crippen molar-refractivity contribution in [3.05, 3.63) is 64.7 Å². The maximum atomic E-state index is 13.7. The molecule has 8 heteroatoms. The van der Waals surface area contributed by atoms with Crippen molar-refractivity contribution < 1.29 is 19.1 Å². The van der Waals surface area contributed by atoms with Gasteiger partial charge < -0.3 is 15.4 Å². The molecule has 0 spiro atoms. The number of terminal acetylenes is 1. The lowest BCUT2D eigenvalue weighted by atomic mass is 9.99. The van der Waals surface area contributed by atoms with E-state index in [-0.39, 0.29) is 5.92 Å². The van der Waals surface area contributed by atoms with E-state index >= 15 is 0 Å². The number of carbonyl (C=O) groups is 3. The molecule has 0 aliphatic rings. The van der Waals surface area contributed by atoms with Crippen molar-refractivity contribution in [2.24, 2.45) is 5.92 Å². The third-order valence-corrected chi connectivity index (χ3v) is 5.48. The zero-order valence-electron chi connectivity index (χ0n) is 21.6. The van der Waals surface area contributed by atoms with Crippen LogP contribution in [0, 0.1) is 25.3 Å². The van der Waals surface area contributed by atoms with Gasteiger partial charge in [0, 0.05) is 6.04 Å². The summed E-state index contributed by atoms with van der Waals surface area (Å²) >= 11 is 6.32. The van der Waals surface area contributed by atoms with Gasteiger partial charge >= 0.3 is 6.09 Å². The van der Waals surface area contributed by atoms with Gasteiger partial charge in [-0.3, -0.25) is 14.5 Å². The minimum Gasteiger partial charge on any atom is -0.444 e. The molecule has 0 bridgehead atoms. The second-order valence-electron chi connectivity index (χ2n) is 9.90. The smallest absolute Gasteiger partial charge is 0.408 e. The Hall–Kier alpha value is -3.50. The molecule has 0 heterocycles. The fraction of sp³-hybridized carbons (Fsp3) is 0.393. The summed E-state index contributed by atoms with van der Waals surface area (Å²) in [5.41, 5.74) is 0.942. The normalized spacial score (nSPS) is 12.8. The van der Waals surface area contributed by atoms with Gasteiger partial charge in [-0.1, -0.05) is 74.3 Å². The van der Waals surface area contributed by atoms with Crippen LogP contribution in [0.15, 0.2) is 48.5 Å². The number of nitrogens with zero attached hydrogens (tertiary/aromatic N) is 1. The van der Waals surface area contributed by atoms with Gasteiger partial charge in [-0.25, -0.2) is 4.79 Å². The number of halogens is 1. The Morgan fingerprint density at radius 1 is 1.08 bits per heavy atom. The first kappa shape index (κ1) is 28.7. The van der Waals surface area contributed by atoms with Gasteiger partial charge in [-0.05, 0) is 57.2 Å². The Kier molecular flexibility index (Phi) is 9.94. The topological polar surface area (TPSA) is 87.7 Å². The van der Waals surface area contributed by atoms with Gasteiger partial charge in [0.1, 0.15) is 17.7 Å². The fourth-order valence-electron chi connectivity index (χ4n) is 3.61. The molecule has 0 aliphatic heterocycles. The van der Waals surface area contributed by atoms with Crippen LogP contribution in [0.4, 0.5) is 10.5 Å². The molecule has 2 atom stereocenters. The molecule has 7 nitrogen and oxygen atoms in total. The van der Waals surface area contributed by atoms with Crippen molar-refractivity contribution in [1.29, 1.82) is 0 Å². The molecule has 0 aromatic heterocycles. The van der Waals surface area contributed by atoms with Gasteiger partial charge in [-0.15, -0.1) is 0 Å². The van der Waals surface area contributed by atoms with Crippen molar-refractivity contribution in [2.75, 3.05) is 5.32 Å². The highest BCUT2D eigenvalue weighted by Crippen LogP contribution is 2.29. The number of para-hydroxylation sites is 1. The lowest BCUT2D eigenvalue weighted by Crippen LogP contribution is -2.51. The Morgan fingerprint density at radius 2 is 1.72 bits per heavy atom. The average molecular weight is 512 g/mol. The van der Waals surface area contributed by atoms with Crippen LogP contribution in [-0.2, 0) is 14.3 Å². The Labute approximate surface area is 218 Å². The van der Waals surface area contributed by atoms with E-state index in [4.69, 9.17) is 22.8 Å². The van der Waals surface area contributed by atoms with Gasteiger partial charge in [0.05, 0.1) is 10.7 Å². The summed E-state index contributed by atoms with van der Waals surface area (Å²) in [6, 6.07) is 14.2. The van der Waals surface area contributed by atoms with Crippen molar-refractivity contribution in [3.63, 3.8) is 0 Å². The molecule has 0 saturated carbocycles. The fourth-order valence-corrected chi connectivity index (χ4v) is 3.88. The molecule has 3 amide bonds. The molecule has 2 rings (SSSR count). The van der Waals surface area contributed by atoms with Crippen LogP contribution in [-0.4, -0.2) is 34.5 Å². The summed E-state index contributed by atoms with van der Waals surface area (Å²) in [6.45, 7) is 10.8. The number of nitrogens with one attached hydrogen (secondary N) is 2. The van der Waals surface area contributed by atoms with E-state index in [0.717, 1.165) is 10.5 Å². The van der Waals surface area contributed by atoms with Crippen molar-refractivity contribution in [2.45, 2.75) is 65.6 Å². The van der Waals surface area contributed by atoms with Crippen LogP contribution in [0.1, 0.15) is 58.2 Å². The standard InChI is InChI=1S/C28H34ClN3O4/c1-8-32(26(34)22(17-18(2)3)30-27(35)36-28(5,6)7)24(20-14-10-9-11-15-20)25(33)31-23-19(4)13-12-16-21(23)29/h1,9-16,18,22,24H,17H2,2-7H3,(H,30,35)(H,31,33). The Morgan fingerprint density at radius 3 is 2.25 bits per heavy atom. The molecule has 0 radical (unpaired) electrons. The first-order chi connectivity index (χ1) is 16.8. The highest BCUT2D eigenvalue weighted by Gasteiger charge is 2.36. The maximum Gasteiger partial charge on any atom is 0.408 e. The number of hydrogen-bond acceptors (Lipinski definition) is 4. The molecular formula is C28H34ClN3O4. The SMILES string of the molecule is C#CN(C(=O)C(CC(C)C)NC(=O)OC(C)(C)C)C(C(=O)Nc1c(C)cccc1Cl)c1ccccc1. The van der Waals surface area contributed by atoms with Crippen molar-refractivity contribution >= 4 is 35.2 Å². The van der Waals surface area contributed by atoms with Crippen LogP contribution in [0.3, 0.4) is 0 Å². The van der Waals surface area contributed by atoms with Crippen LogP contribution >= 0.6 is 11.6 Å². The van der Waals surface area contributed by atoms with Crippen LogP contribution in [0.2, 0.25) is 5.02 Å². The van der Waals surface area contributed by atoms with Crippen LogP contribution in [0.5, 0.6) is 0 Å². The van der Waals surface area contributed by atoms with Crippen molar-refractivity contribution in [1.82, 2.24) is 10.2 Å². The van der Waals surface area contributed by atoms with Gasteiger partial charge in [0.15, 0.2) is 0 Å². The highest BCUT2D eigenvalue weighted by molar-refractivity contribution is 6.34. The summed E-state index contributed by atoms with van der Waals surface area (Å²) in [6.07, 6.45) is 5.36. The Bertz CT molecular complexity index is 1100. The number of aryl methyl sites for hydroxylation is 1. The summed E-state index contributed by atoms with van der Waals surface area (Å²) < 4.78 is 5.34. The molecule has 2 unspecified atom stereocenters. The first-order valence-electron chi connectivity index (χ1n) is 11.7. The summed E-state index contributed by atoms with van der Waals surface area (Å²) in [4.78, 5) is 40.9. The predicted molar refractivity (Wildman–Crippen MR) is 142 cm³/mol. The number of hydrogen-bond donors (Lipinski definition) is 2.